The number of anilines is 1. The Morgan fingerprint density at radius 3 is 2.40 bits per heavy atom. The van der Waals surface area contributed by atoms with E-state index in [2.05, 4.69) is 9.88 Å². The SMILES string of the molecule is O=C(O)C1CN(S(=O)(=O)/C=C/c2ccc(Cl)cc2)CC(=O)N1CC1CCN(c2ccncc2)CC1. The van der Waals surface area contributed by atoms with Crippen LogP contribution in [0.2, 0.25) is 5.02 Å². The van der Waals surface area contributed by atoms with Crippen LogP contribution in [0.4, 0.5) is 5.69 Å². The van der Waals surface area contributed by atoms with Crippen LogP contribution in [0.1, 0.15) is 18.4 Å². The van der Waals surface area contributed by atoms with Gasteiger partial charge in [-0.05, 0) is 54.7 Å². The van der Waals surface area contributed by atoms with E-state index in [1.54, 1.807) is 36.7 Å². The Balaban J connectivity index is 1.40. The smallest absolute Gasteiger partial charge is 0.327 e. The van der Waals surface area contributed by atoms with Gasteiger partial charge < -0.3 is 14.9 Å². The average Bonchev–Trinajstić information content (AvgIpc) is 2.85. The molecule has 1 unspecified atom stereocenters. The zero-order chi connectivity index (χ0) is 25.0. The second-order valence-electron chi connectivity index (χ2n) is 8.73. The molecular formula is C24H27ClN4O5S. The Morgan fingerprint density at radius 1 is 1.11 bits per heavy atom. The van der Waals surface area contributed by atoms with E-state index < -0.39 is 27.9 Å². The van der Waals surface area contributed by atoms with Gasteiger partial charge in [0.15, 0.2) is 0 Å². The van der Waals surface area contributed by atoms with Gasteiger partial charge in [-0.3, -0.25) is 9.78 Å². The highest BCUT2D eigenvalue weighted by Crippen LogP contribution is 2.26. The molecule has 186 valence electrons. The van der Waals surface area contributed by atoms with Gasteiger partial charge in [-0.25, -0.2) is 13.2 Å². The average molecular weight is 519 g/mol. The maximum Gasteiger partial charge on any atom is 0.327 e. The molecule has 0 bridgehead atoms. The quantitative estimate of drug-likeness (QED) is 0.599. The maximum absolute atomic E-state index is 12.9. The third-order valence-electron chi connectivity index (χ3n) is 6.43. The highest BCUT2D eigenvalue weighted by Gasteiger charge is 2.41. The van der Waals surface area contributed by atoms with Crippen LogP contribution >= 0.6 is 11.6 Å². The third-order valence-corrected chi connectivity index (χ3v) is 8.16. The van der Waals surface area contributed by atoms with Gasteiger partial charge in [-0.2, -0.15) is 4.31 Å². The van der Waals surface area contributed by atoms with E-state index in [0.29, 0.717) is 17.1 Å². The number of carbonyl (C=O) groups excluding carboxylic acids is 1. The van der Waals surface area contributed by atoms with Gasteiger partial charge in [-0.15, -0.1) is 0 Å². The van der Waals surface area contributed by atoms with Gasteiger partial charge in [0.1, 0.15) is 6.04 Å². The van der Waals surface area contributed by atoms with Crippen molar-refractivity contribution >= 4 is 45.3 Å². The number of sulfonamides is 1. The van der Waals surface area contributed by atoms with Gasteiger partial charge in [-0.1, -0.05) is 23.7 Å². The number of aliphatic carboxylic acids is 1. The van der Waals surface area contributed by atoms with Crippen molar-refractivity contribution in [1.29, 1.82) is 0 Å². The summed E-state index contributed by atoms with van der Waals surface area (Å²) in [5.74, 6) is -1.57. The summed E-state index contributed by atoms with van der Waals surface area (Å²) in [4.78, 5) is 32.6. The molecule has 0 radical (unpaired) electrons. The maximum atomic E-state index is 12.9. The number of halogens is 1. The summed E-state index contributed by atoms with van der Waals surface area (Å²) in [6.07, 6.45) is 6.51. The Labute approximate surface area is 209 Å². The number of amides is 1. The third kappa shape index (κ3) is 6.19. The number of piperazine rings is 1. The number of aromatic nitrogens is 1. The molecule has 2 aromatic rings. The lowest BCUT2D eigenvalue weighted by Crippen LogP contribution is -2.61. The first-order valence-corrected chi connectivity index (χ1v) is 13.2. The Hall–Kier alpha value is -2.95. The number of nitrogens with zero attached hydrogens (tertiary/aromatic N) is 4. The molecule has 11 heteroatoms. The summed E-state index contributed by atoms with van der Waals surface area (Å²) in [6.45, 7) is 1.22. The molecule has 3 heterocycles. The minimum atomic E-state index is -3.99. The molecular weight excluding hydrogens is 492 g/mol. The van der Waals surface area contributed by atoms with Crippen molar-refractivity contribution in [3.05, 3.63) is 64.8 Å². The fourth-order valence-electron chi connectivity index (χ4n) is 4.44. The van der Waals surface area contributed by atoms with Crippen molar-refractivity contribution in [2.75, 3.05) is 37.6 Å². The van der Waals surface area contributed by atoms with Crippen molar-refractivity contribution in [2.45, 2.75) is 18.9 Å². The van der Waals surface area contributed by atoms with Crippen LogP contribution in [-0.4, -0.2) is 78.4 Å². The summed E-state index contributed by atoms with van der Waals surface area (Å²) in [5, 5.41) is 11.3. The van der Waals surface area contributed by atoms with E-state index in [0.717, 1.165) is 41.3 Å². The number of benzene rings is 1. The van der Waals surface area contributed by atoms with Crippen molar-refractivity contribution in [3.8, 4) is 0 Å². The van der Waals surface area contributed by atoms with E-state index in [-0.39, 0.29) is 19.0 Å². The molecule has 2 aliphatic heterocycles. The fraction of sp³-hybridized carbons (Fsp3) is 0.375. The standard InChI is InChI=1S/C24H27ClN4O5S/c25-20-3-1-18(2-4-20)9-14-35(33,34)28-16-22(24(31)32)29(23(30)17-28)15-19-7-12-27(13-8-19)21-5-10-26-11-6-21/h1-6,9-11,14,19,22H,7-8,12-13,15-17H2,(H,31,32)/b14-9+. The molecule has 0 saturated carbocycles. The molecule has 1 aromatic carbocycles. The van der Waals surface area contributed by atoms with Gasteiger partial charge in [0.05, 0.1) is 6.54 Å². The molecule has 2 aliphatic rings. The van der Waals surface area contributed by atoms with Crippen LogP contribution in [0.5, 0.6) is 0 Å². The highest BCUT2D eigenvalue weighted by atomic mass is 35.5. The number of hydrogen-bond donors (Lipinski definition) is 1. The van der Waals surface area contributed by atoms with Crippen molar-refractivity contribution in [3.63, 3.8) is 0 Å². The normalized spacial score (nSPS) is 20.5. The summed E-state index contributed by atoms with van der Waals surface area (Å²) in [5.41, 5.74) is 1.71. The topological polar surface area (TPSA) is 111 Å². The monoisotopic (exact) mass is 518 g/mol. The minimum Gasteiger partial charge on any atom is -0.480 e. The van der Waals surface area contributed by atoms with Crippen LogP contribution in [0.15, 0.2) is 54.2 Å². The molecule has 1 atom stereocenters. The van der Waals surface area contributed by atoms with Crippen molar-refractivity contribution in [1.82, 2.24) is 14.2 Å². The molecule has 1 aromatic heterocycles. The minimum absolute atomic E-state index is 0.145. The zero-order valence-electron chi connectivity index (χ0n) is 19.0. The van der Waals surface area contributed by atoms with Gasteiger partial charge in [0.25, 0.3) is 0 Å². The molecule has 0 spiro atoms. The largest absolute Gasteiger partial charge is 0.480 e. The molecule has 35 heavy (non-hydrogen) atoms. The Bertz CT molecular complexity index is 1180. The van der Waals surface area contributed by atoms with Crippen LogP contribution in [0, 0.1) is 5.92 Å². The molecule has 2 fully saturated rings. The van der Waals surface area contributed by atoms with E-state index in [1.807, 2.05) is 12.1 Å². The molecule has 0 aliphatic carbocycles. The van der Waals surface area contributed by atoms with Crippen LogP contribution in [0.3, 0.4) is 0 Å². The number of hydrogen-bond acceptors (Lipinski definition) is 6. The van der Waals surface area contributed by atoms with E-state index in [1.165, 1.54) is 11.0 Å². The van der Waals surface area contributed by atoms with E-state index in [4.69, 9.17) is 11.6 Å². The number of carboxylic acids is 1. The zero-order valence-corrected chi connectivity index (χ0v) is 20.6. The Morgan fingerprint density at radius 2 is 1.77 bits per heavy atom. The number of piperidine rings is 1. The first kappa shape index (κ1) is 25.2. The van der Waals surface area contributed by atoms with Crippen LogP contribution in [-0.2, 0) is 19.6 Å². The van der Waals surface area contributed by atoms with E-state index >= 15 is 0 Å². The summed E-state index contributed by atoms with van der Waals surface area (Å²) in [6, 6.07) is 9.27. The molecule has 2 saturated heterocycles. The first-order chi connectivity index (χ1) is 16.7. The fourth-order valence-corrected chi connectivity index (χ4v) is 5.70. The second-order valence-corrected chi connectivity index (χ2v) is 11.0. The number of carbonyl (C=O) groups is 2. The van der Waals surface area contributed by atoms with Gasteiger partial charge >= 0.3 is 5.97 Å². The Kier molecular flexibility index (Phi) is 7.73. The van der Waals surface area contributed by atoms with Crippen molar-refractivity contribution < 1.29 is 23.1 Å². The van der Waals surface area contributed by atoms with Crippen LogP contribution in [0.25, 0.3) is 6.08 Å². The second kappa shape index (κ2) is 10.8. The predicted octanol–water partition coefficient (Wildman–Crippen LogP) is 2.55. The molecule has 4 rings (SSSR count). The summed E-state index contributed by atoms with van der Waals surface area (Å²) >= 11 is 5.85. The highest BCUT2D eigenvalue weighted by molar-refractivity contribution is 7.92. The molecule has 1 amide bonds. The predicted molar refractivity (Wildman–Crippen MR) is 133 cm³/mol. The van der Waals surface area contributed by atoms with Crippen LogP contribution < -0.4 is 4.90 Å². The summed E-state index contributed by atoms with van der Waals surface area (Å²) in [7, 11) is -3.99. The number of pyridine rings is 1. The van der Waals surface area contributed by atoms with Gasteiger partial charge in [0.2, 0.25) is 15.9 Å². The first-order valence-electron chi connectivity index (χ1n) is 11.3. The lowest BCUT2D eigenvalue weighted by atomic mass is 9.94. The van der Waals surface area contributed by atoms with Gasteiger partial charge in [0, 0.05) is 54.7 Å². The van der Waals surface area contributed by atoms with Crippen molar-refractivity contribution in [2.24, 2.45) is 5.92 Å². The number of carboxylic acid groups (broad SMARTS) is 1. The van der Waals surface area contributed by atoms with E-state index in [9.17, 15) is 23.1 Å². The lowest BCUT2D eigenvalue weighted by molar-refractivity contribution is -0.154. The molecule has 1 N–H and O–H groups in total. The summed E-state index contributed by atoms with van der Waals surface area (Å²) < 4.78 is 26.6. The lowest BCUT2D eigenvalue weighted by Gasteiger charge is -2.41. The number of rotatable bonds is 7. The molecule has 9 nitrogen and oxygen atoms in total.